The molecule has 1 unspecified atom stereocenters. The van der Waals surface area contributed by atoms with Gasteiger partial charge in [-0.3, -0.25) is 4.90 Å². The van der Waals surface area contributed by atoms with Crippen LogP contribution in [0, 0.1) is 6.92 Å². The van der Waals surface area contributed by atoms with Crippen LogP contribution in [0.25, 0.3) is 0 Å². The van der Waals surface area contributed by atoms with Gasteiger partial charge in [0.2, 0.25) is 5.95 Å². The Morgan fingerprint density at radius 1 is 1.10 bits per heavy atom. The number of aliphatic hydroxyl groups excluding tert-OH is 1. The van der Waals surface area contributed by atoms with Crippen LogP contribution in [0.4, 0.5) is 17.5 Å². The monoisotopic (exact) mass is 419 g/mol. The summed E-state index contributed by atoms with van der Waals surface area (Å²) in [6.45, 7) is 6.85. The van der Waals surface area contributed by atoms with Gasteiger partial charge in [0, 0.05) is 38.1 Å². The Kier molecular flexibility index (Phi) is 7.09. The average Bonchev–Trinajstić information content (AvgIpc) is 2.81. The number of hydrogen-bond acceptors (Lipinski definition) is 7. The minimum Gasteiger partial charge on any atom is -0.387 e. The molecule has 0 radical (unpaired) electrons. The van der Waals surface area contributed by atoms with Crippen LogP contribution < -0.4 is 10.6 Å². The first-order chi connectivity index (χ1) is 15.2. The van der Waals surface area contributed by atoms with Gasteiger partial charge in [0.05, 0.1) is 19.3 Å². The third kappa shape index (κ3) is 6.01. The maximum Gasteiger partial charge on any atom is 0.229 e. The number of aryl methyl sites for hydroxylation is 1. The van der Waals surface area contributed by atoms with Gasteiger partial charge in [0.1, 0.15) is 5.82 Å². The summed E-state index contributed by atoms with van der Waals surface area (Å²) >= 11 is 0. The Hall–Kier alpha value is -3.00. The van der Waals surface area contributed by atoms with E-state index in [1.54, 1.807) is 12.3 Å². The smallest absolute Gasteiger partial charge is 0.229 e. The quantitative estimate of drug-likeness (QED) is 0.515. The second kappa shape index (κ2) is 10.3. The predicted octanol–water partition coefficient (Wildman–Crippen LogP) is 3.51. The molecule has 2 aromatic carbocycles. The van der Waals surface area contributed by atoms with Crippen molar-refractivity contribution in [2.45, 2.75) is 19.6 Å². The predicted molar refractivity (Wildman–Crippen MR) is 122 cm³/mol. The van der Waals surface area contributed by atoms with Gasteiger partial charge in [-0.15, -0.1) is 0 Å². The molecule has 7 nitrogen and oxygen atoms in total. The second-order valence-corrected chi connectivity index (χ2v) is 7.74. The van der Waals surface area contributed by atoms with E-state index in [1.165, 1.54) is 5.56 Å². The van der Waals surface area contributed by atoms with Gasteiger partial charge in [-0.1, -0.05) is 42.5 Å². The molecule has 1 aliphatic heterocycles. The van der Waals surface area contributed by atoms with Crippen molar-refractivity contribution >= 4 is 17.5 Å². The van der Waals surface area contributed by atoms with E-state index in [-0.39, 0.29) is 0 Å². The molecule has 3 N–H and O–H groups in total. The van der Waals surface area contributed by atoms with Crippen LogP contribution in [-0.4, -0.2) is 52.8 Å². The number of hydrogen-bond donors (Lipinski definition) is 3. The number of nitrogens with one attached hydrogen (secondary N) is 2. The molecule has 2 heterocycles. The lowest BCUT2D eigenvalue weighted by Crippen LogP contribution is -2.35. The Balaban J connectivity index is 1.39. The topological polar surface area (TPSA) is 82.5 Å². The zero-order valence-electron chi connectivity index (χ0n) is 17.8. The van der Waals surface area contributed by atoms with Crippen molar-refractivity contribution in [2.75, 3.05) is 43.5 Å². The molecule has 4 rings (SSSR count). The number of morpholine rings is 1. The minimum atomic E-state index is -0.605. The summed E-state index contributed by atoms with van der Waals surface area (Å²) in [5.74, 6) is 1.18. The summed E-state index contributed by atoms with van der Waals surface area (Å²) in [5.41, 5.74) is 4.24. The van der Waals surface area contributed by atoms with Crippen molar-refractivity contribution in [3.63, 3.8) is 0 Å². The van der Waals surface area contributed by atoms with E-state index >= 15 is 0 Å². The minimum absolute atomic E-state index is 0.370. The van der Waals surface area contributed by atoms with Crippen molar-refractivity contribution in [3.05, 3.63) is 77.5 Å². The van der Waals surface area contributed by atoms with Gasteiger partial charge in [0.15, 0.2) is 0 Å². The van der Waals surface area contributed by atoms with Crippen LogP contribution in [0.1, 0.15) is 22.8 Å². The molecule has 1 fully saturated rings. The van der Waals surface area contributed by atoms with Crippen molar-refractivity contribution < 1.29 is 9.84 Å². The summed E-state index contributed by atoms with van der Waals surface area (Å²) < 4.78 is 5.44. The zero-order valence-corrected chi connectivity index (χ0v) is 17.8. The first-order valence-corrected chi connectivity index (χ1v) is 10.6. The number of aliphatic hydroxyl groups is 1. The molecule has 1 saturated heterocycles. The molecule has 7 heteroatoms. The maximum absolute atomic E-state index is 10.4. The lowest BCUT2D eigenvalue weighted by atomic mass is 10.1. The molecule has 31 heavy (non-hydrogen) atoms. The average molecular weight is 420 g/mol. The van der Waals surface area contributed by atoms with Gasteiger partial charge in [-0.05, 0) is 35.7 Å². The Morgan fingerprint density at radius 3 is 2.71 bits per heavy atom. The molecule has 0 spiro atoms. The van der Waals surface area contributed by atoms with Crippen molar-refractivity contribution in [1.82, 2.24) is 14.9 Å². The summed E-state index contributed by atoms with van der Waals surface area (Å²) in [6.07, 6.45) is 1.10. The molecule has 0 amide bonds. The fraction of sp³-hybridized carbons (Fsp3) is 0.333. The molecular formula is C24H29N5O2. The first-order valence-electron chi connectivity index (χ1n) is 10.6. The van der Waals surface area contributed by atoms with E-state index in [2.05, 4.69) is 50.6 Å². The van der Waals surface area contributed by atoms with Crippen LogP contribution in [0.3, 0.4) is 0 Å². The molecule has 0 saturated carbocycles. The zero-order chi connectivity index (χ0) is 21.5. The highest BCUT2D eigenvalue weighted by atomic mass is 16.5. The molecule has 1 atom stereocenters. The largest absolute Gasteiger partial charge is 0.387 e. The molecule has 0 bridgehead atoms. The lowest BCUT2D eigenvalue weighted by molar-refractivity contribution is 0.0342. The van der Waals surface area contributed by atoms with E-state index in [4.69, 9.17) is 4.74 Å². The number of nitrogens with zero attached hydrogens (tertiary/aromatic N) is 3. The second-order valence-electron chi connectivity index (χ2n) is 7.74. The van der Waals surface area contributed by atoms with Gasteiger partial charge in [-0.2, -0.15) is 4.98 Å². The molecule has 0 aliphatic carbocycles. The van der Waals surface area contributed by atoms with Crippen molar-refractivity contribution in [3.8, 4) is 0 Å². The highest BCUT2D eigenvalue weighted by molar-refractivity contribution is 5.60. The van der Waals surface area contributed by atoms with E-state index in [1.807, 2.05) is 30.3 Å². The van der Waals surface area contributed by atoms with Gasteiger partial charge in [-0.25, -0.2) is 4.98 Å². The van der Waals surface area contributed by atoms with E-state index in [9.17, 15) is 5.11 Å². The molecule has 1 aromatic heterocycles. The molecule has 1 aliphatic rings. The number of benzene rings is 2. The Bertz CT molecular complexity index is 977. The summed E-state index contributed by atoms with van der Waals surface area (Å²) in [5, 5.41) is 16.9. The lowest BCUT2D eigenvalue weighted by Gasteiger charge is -2.26. The fourth-order valence-electron chi connectivity index (χ4n) is 3.55. The van der Waals surface area contributed by atoms with Crippen LogP contribution in [0.15, 0.2) is 60.8 Å². The first kappa shape index (κ1) is 21.2. The Morgan fingerprint density at radius 2 is 1.90 bits per heavy atom. The van der Waals surface area contributed by atoms with Crippen LogP contribution in [0.5, 0.6) is 0 Å². The van der Waals surface area contributed by atoms with Gasteiger partial charge in [0.25, 0.3) is 0 Å². The van der Waals surface area contributed by atoms with Gasteiger partial charge >= 0.3 is 0 Å². The standard InChI is InChI=1S/C24H29N5O2/c1-18-7-8-19(17-29-11-13-31-14-12-29)15-21(18)27-24-25-10-9-23(28-24)26-16-22(30)20-5-3-2-4-6-20/h2-10,15,22,30H,11-14,16-17H2,1H3,(H2,25,26,27,28). The third-order valence-electron chi connectivity index (χ3n) is 5.37. The highest BCUT2D eigenvalue weighted by Crippen LogP contribution is 2.22. The Labute approximate surface area is 183 Å². The van der Waals surface area contributed by atoms with Crippen LogP contribution in [-0.2, 0) is 11.3 Å². The number of ether oxygens (including phenoxy) is 1. The molecule has 162 valence electrons. The third-order valence-corrected chi connectivity index (χ3v) is 5.37. The maximum atomic E-state index is 10.4. The molecular weight excluding hydrogens is 390 g/mol. The van der Waals surface area contributed by atoms with Crippen molar-refractivity contribution in [2.24, 2.45) is 0 Å². The highest BCUT2D eigenvalue weighted by Gasteiger charge is 2.12. The summed E-state index contributed by atoms with van der Waals surface area (Å²) in [4.78, 5) is 11.3. The molecule has 3 aromatic rings. The van der Waals surface area contributed by atoms with Crippen molar-refractivity contribution in [1.29, 1.82) is 0 Å². The summed E-state index contributed by atoms with van der Waals surface area (Å²) in [7, 11) is 0. The van der Waals surface area contributed by atoms with Crippen LogP contribution >= 0.6 is 0 Å². The number of aromatic nitrogens is 2. The normalized spacial score (nSPS) is 15.4. The summed E-state index contributed by atoms with van der Waals surface area (Å²) in [6, 6.07) is 17.8. The SMILES string of the molecule is Cc1ccc(CN2CCOCC2)cc1Nc1nccc(NCC(O)c2ccccc2)n1. The van der Waals surface area contributed by atoms with Crippen LogP contribution in [0.2, 0.25) is 0 Å². The van der Waals surface area contributed by atoms with E-state index in [0.717, 1.165) is 49.7 Å². The van der Waals surface area contributed by atoms with E-state index in [0.29, 0.717) is 18.3 Å². The fourth-order valence-corrected chi connectivity index (χ4v) is 3.55. The number of anilines is 3. The number of rotatable bonds is 8. The van der Waals surface area contributed by atoms with Gasteiger partial charge < -0.3 is 20.5 Å². The van der Waals surface area contributed by atoms with E-state index < -0.39 is 6.10 Å².